The standard InChI is InChI=1S/C24H50N2O/c1-12-14-24(22(27-11)20(7)13-2)17-25(24,10)15-16-26(19(5)6)21(8)23(26,9)18(3)4/h18-22H,12-17H2,1-11H3/q+2. The summed E-state index contributed by atoms with van der Waals surface area (Å²) >= 11 is 0. The van der Waals surface area contributed by atoms with Gasteiger partial charge in [-0.05, 0) is 40.0 Å². The lowest BCUT2D eigenvalue weighted by molar-refractivity contribution is -0.900. The largest absolute Gasteiger partial charge is 0.374 e. The number of hydrogen-bond donors (Lipinski definition) is 0. The lowest BCUT2D eigenvalue weighted by Crippen LogP contribution is -2.51. The maximum absolute atomic E-state index is 6.15. The van der Waals surface area contributed by atoms with Gasteiger partial charge in [-0.3, -0.25) is 4.48 Å². The first-order valence-corrected chi connectivity index (χ1v) is 11.7. The molecule has 0 aromatic rings. The highest BCUT2D eigenvalue weighted by Crippen LogP contribution is 2.58. The molecule has 0 aromatic heterocycles. The minimum Gasteiger partial charge on any atom is -0.374 e. The van der Waals surface area contributed by atoms with Crippen LogP contribution < -0.4 is 0 Å². The average molecular weight is 383 g/mol. The molecule has 3 heteroatoms. The molecule has 2 aliphatic heterocycles. The number of rotatable bonds is 11. The molecule has 0 saturated carbocycles. The van der Waals surface area contributed by atoms with Crippen LogP contribution in [0.4, 0.5) is 0 Å². The summed E-state index contributed by atoms with van der Waals surface area (Å²) < 4.78 is 8.68. The summed E-state index contributed by atoms with van der Waals surface area (Å²) in [5.74, 6) is 1.37. The Morgan fingerprint density at radius 3 is 2.04 bits per heavy atom. The third-order valence-corrected chi connectivity index (χ3v) is 9.64. The van der Waals surface area contributed by atoms with Gasteiger partial charge in [0.15, 0.2) is 11.1 Å². The van der Waals surface area contributed by atoms with Crippen LogP contribution in [0.2, 0.25) is 0 Å². The fourth-order valence-corrected chi connectivity index (χ4v) is 7.31. The molecule has 0 amide bonds. The van der Waals surface area contributed by atoms with Crippen molar-refractivity contribution in [3.63, 3.8) is 0 Å². The summed E-state index contributed by atoms with van der Waals surface area (Å²) in [6, 6.07) is 1.48. The molecule has 0 aliphatic carbocycles. The van der Waals surface area contributed by atoms with Crippen LogP contribution in [0.5, 0.6) is 0 Å². The van der Waals surface area contributed by atoms with Crippen LogP contribution in [-0.4, -0.2) is 72.0 Å². The van der Waals surface area contributed by atoms with Gasteiger partial charge in [0.25, 0.3) is 0 Å². The van der Waals surface area contributed by atoms with Gasteiger partial charge in [0.1, 0.15) is 31.8 Å². The van der Waals surface area contributed by atoms with Crippen LogP contribution in [0.3, 0.4) is 0 Å². The maximum atomic E-state index is 6.15. The maximum Gasteiger partial charge on any atom is 0.175 e. The summed E-state index contributed by atoms with van der Waals surface area (Å²) in [7, 11) is 4.46. The quantitative estimate of drug-likeness (QED) is 0.357. The SMILES string of the molecule is CCCC1(C(OC)C(C)CC)C[N+]1(C)CC[N+]1(C(C)C)C(C)C1(C)C(C)C. The summed E-state index contributed by atoms with van der Waals surface area (Å²) in [6.45, 7) is 25.7. The molecule has 2 rings (SSSR count). The fraction of sp³-hybridized carbons (Fsp3) is 1.00. The van der Waals surface area contributed by atoms with Crippen LogP contribution in [0.15, 0.2) is 0 Å². The molecule has 160 valence electrons. The predicted molar refractivity (Wildman–Crippen MR) is 117 cm³/mol. The molecular formula is C24H50N2O+2. The first-order valence-electron chi connectivity index (χ1n) is 11.7. The number of methoxy groups -OCH3 is 1. The second-order valence-corrected chi connectivity index (χ2v) is 11.0. The van der Waals surface area contributed by atoms with Crippen molar-refractivity contribution in [1.82, 2.24) is 0 Å². The lowest BCUT2D eigenvalue weighted by atomic mass is 9.86. The Labute approximate surface area is 170 Å². The summed E-state index contributed by atoms with van der Waals surface area (Å²) in [6.07, 6.45) is 4.15. The van der Waals surface area contributed by atoms with E-state index in [1.54, 1.807) is 0 Å². The van der Waals surface area contributed by atoms with E-state index in [9.17, 15) is 0 Å². The Hall–Kier alpha value is -0.120. The van der Waals surface area contributed by atoms with Crippen molar-refractivity contribution in [3.8, 4) is 0 Å². The van der Waals surface area contributed by atoms with Gasteiger partial charge in [-0.2, -0.15) is 0 Å². The molecule has 2 saturated heterocycles. The van der Waals surface area contributed by atoms with Gasteiger partial charge in [-0.15, -0.1) is 0 Å². The van der Waals surface area contributed by atoms with E-state index in [4.69, 9.17) is 4.74 Å². The van der Waals surface area contributed by atoms with Gasteiger partial charge in [0.2, 0.25) is 0 Å². The Kier molecular flexibility index (Phi) is 6.53. The van der Waals surface area contributed by atoms with E-state index in [1.807, 2.05) is 7.11 Å². The fourth-order valence-electron chi connectivity index (χ4n) is 7.31. The third kappa shape index (κ3) is 3.11. The topological polar surface area (TPSA) is 9.23 Å². The van der Waals surface area contributed by atoms with Gasteiger partial charge in [-0.1, -0.05) is 41.0 Å². The van der Waals surface area contributed by atoms with Crippen LogP contribution in [0.25, 0.3) is 0 Å². The van der Waals surface area contributed by atoms with Crippen molar-refractivity contribution in [2.75, 3.05) is 33.8 Å². The third-order valence-electron chi connectivity index (χ3n) is 9.64. The number of ether oxygens (including phenoxy) is 1. The molecule has 7 atom stereocenters. The molecule has 0 aromatic carbocycles. The van der Waals surface area contributed by atoms with Crippen LogP contribution in [-0.2, 0) is 4.74 Å². The Balaban J connectivity index is 2.22. The van der Waals surface area contributed by atoms with E-state index >= 15 is 0 Å². The van der Waals surface area contributed by atoms with Crippen molar-refractivity contribution in [1.29, 1.82) is 0 Å². The Bertz CT molecular complexity index is 521. The minimum atomic E-state index is 0.341. The van der Waals surface area contributed by atoms with E-state index in [0.717, 1.165) is 12.0 Å². The molecule has 0 N–H and O–H groups in total. The highest BCUT2D eigenvalue weighted by Gasteiger charge is 2.78. The molecule has 27 heavy (non-hydrogen) atoms. The van der Waals surface area contributed by atoms with Crippen molar-refractivity contribution in [3.05, 3.63) is 0 Å². The number of nitrogens with zero attached hydrogens (tertiary/aromatic N) is 2. The van der Waals surface area contributed by atoms with Crippen molar-refractivity contribution in [2.45, 2.75) is 111 Å². The van der Waals surface area contributed by atoms with Crippen molar-refractivity contribution in [2.24, 2.45) is 11.8 Å². The molecular weight excluding hydrogens is 332 g/mol. The molecule has 0 bridgehead atoms. The smallest absolute Gasteiger partial charge is 0.175 e. The van der Waals surface area contributed by atoms with Gasteiger partial charge in [0, 0.05) is 19.4 Å². The zero-order chi connectivity index (χ0) is 20.8. The highest BCUT2D eigenvalue weighted by molar-refractivity contribution is 5.04. The molecule has 0 spiro atoms. The predicted octanol–water partition coefficient (Wildman–Crippen LogP) is 5.09. The second kappa shape index (κ2) is 7.61. The zero-order valence-electron chi connectivity index (χ0n) is 20.4. The summed E-state index contributed by atoms with van der Waals surface area (Å²) in [4.78, 5) is 0. The van der Waals surface area contributed by atoms with Gasteiger partial charge < -0.3 is 9.22 Å². The van der Waals surface area contributed by atoms with Crippen LogP contribution in [0, 0.1) is 11.8 Å². The van der Waals surface area contributed by atoms with E-state index in [2.05, 4.69) is 69.4 Å². The number of likely N-dealkylation sites (N-methyl/N-ethyl adjacent to an activating group) is 1. The molecule has 3 nitrogen and oxygen atoms in total. The molecule has 7 unspecified atom stereocenters. The normalized spacial score (nSPS) is 43.2. The molecule has 2 aliphatic rings. The zero-order valence-corrected chi connectivity index (χ0v) is 20.4. The highest BCUT2D eigenvalue weighted by atomic mass is 16.5. The van der Waals surface area contributed by atoms with Crippen LogP contribution in [0.1, 0.15) is 81.6 Å². The van der Waals surface area contributed by atoms with Gasteiger partial charge in [-0.25, -0.2) is 0 Å². The summed E-state index contributed by atoms with van der Waals surface area (Å²) in [5.41, 5.74) is 0.779. The first kappa shape index (κ1) is 23.2. The number of quaternary nitrogens is 2. The van der Waals surface area contributed by atoms with E-state index in [0.29, 0.717) is 29.1 Å². The van der Waals surface area contributed by atoms with E-state index in [1.165, 1.54) is 47.9 Å². The molecule has 0 radical (unpaired) electrons. The average Bonchev–Trinajstić information content (AvgIpc) is 3.36. The molecule has 2 heterocycles. The second-order valence-electron chi connectivity index (χ2n) is 11.0. The lowest BCUT2D eigenvalue weighted by Gasteiger charge is -2.35. The van der Waals surface area contributed by atoms with Gasteiger partial charge in [0.05, 0.1) is 13.1 Å². The van der Waals surface area contributed by atoms with E-state index in [-0.39, 0.29) is 0 Å². The number of hydrogen-bond acceptors (Lipinski definition) is 1. The monoisotopic (exact) mass is 382 g/mol. The summed E-state index contributed by atoms with van der Waals surface area (Å²) in [5, 5.41) is 0. The Morgan fingerprint density at radius 1 is 1.07 bits per heavy atom. The van der Waals surface area contributed by atoms with Crippen molar-refractivity contribution >= 4 is 0 Å². The van der Waals surface area contributed by atoms with Crippen LogP contribution >= 0.6 is 0 Å². The van der Waals surface area contributed by atoms with E-state index < -0.39 is 0 Å². The molecule has 2 fully saturated rings. The van der Waals surface area contributed by atoms with Gasteiger partial charge >= 0.3 is 0 Å². The minimum absolute atomic E-state index is 0.341. The Morgan fingerprint density at radius 2 is 1.67 bits per heavy atom. The van der Waals surface area contributed by atoms with Crippen molar-refractivity contribution < 1.29 is 13.7 Å². The first-order chi connectivity index (χ1) is 12.4.